The summed E-state index contributed by atoms with van der Waals surface area (Å²) in [5, 5.41) is 31.3. The number of anilines is 1. The SMILES string of the molecule is C.C.C1CCOC1.CC(C)(O)c1cc(Cl)ccc1-c1cccc2c1oc1ccccc12.CC1(C)c2cc(Cl)ccc2-c2c1ccc1c2oc2ccccc21.COC(=O)c1cc(Cl)ccc1-c1cccc2c1oc1ccccc12.COC(=O)c1cc(Cl)ccc1Br.Nc1ccccc1Cl.O.O[B]c1cccc2c1oc1ccccc12.[CH3-].[Li+]. The van der Waals surface area contributed by atoms with Crippen LogP contribution in [0.5, 0.6) is 0 Å². The van der Waals surface area contributed by atoms with Crippen LogP contribution in [0.1, 0.15) is 92.8 Å². The maximum Gasteiger partial charge on any atom is 1.00 e. The van der Waals surface area contributed by atoms with Crippen LogP contribution in [0.4, 0.5) is 5.69 Å². The molecule has 6 N–H and O–H groups in total. The second-order valence-electron chi connectivity index (χ2n) is 27.2. The van der Waals surface area contributed by atoms with E-state index in [0.717, 1.165) is 131 Å². The Kier molecular flexibility index (Phi) is 32.0. The molecule has 589 valence electrons. The van der Waals surface area contributed by atoms with Gasteiger partial charge in [-0.2, -0.15) is 0 Å². The first-order valence-electron chi connectivity index (χ1n) is 35.5. The molecule has 19 rings (SSSR count). The molecule has 17 aromatic rings. The minimum Gasteiger partial charge on any atom is -0.465 e. The number of hydrogen-bond donors (Lipinski definition) is 3. The third-order valence-corrected chi connectivity index (χ3v) is 21.2. The molecule has 0 bridgehead atoms. The van der Waals surface area contributed by atoms with Gasteiger partial charge in [0.2, 0.25) is 0 Å². The van der Waals surface area contributed by atoms with Gasteiger partial charge in [-0.05, 0) is 167 Å². The molecule has 21 heteroatoms. The van der Waals surface area contributed by atoms with Crippen LogP contribution in [0.2, 0.25) is 25.1 Å². The Bertz CT molecular complexity index is 6280. The fraction of sp³-hybridized carbons (Fsp3) is 0.147. The van der Waals surface area contributed by atoms with Crippen molar-refractivity contribution < 1.29 is 75.9 Å². The van der Waals surface area contributed by atoms with Crippen LogP contribution in [0.25, 0.3) is 121 Å². The predicted octanol–water partition coefficient (Wildman–Crippen LogP) is 23.7. The number of para-hydroxylation sites is 8. The fourth-order valence-corrected chi connectivity index (χ4v) is 15.0. The third-order valence-electron chi connectivity index (χ3n) is 19.2. The quantitative estimate of drug-likeness (QED) is 0.0614. The van der Waals surface area contributed by atoms with Gasteiger partial charge in [0.25, 0.3) is 0 Å². The van der Waals surface area contributed by atoms with Gasteiger partial charge in [0, 0.05) is 109 Å². The van der Waals surface area contributed by atoms with E-state index in [1.165, 1.54) is 60.1 Å². The summed E-state index contributed by atoms with van der Waals surface area (Å²) in [6, 6.07) is 83.2. The Morgan fingerprint density at radius 2 is 0.853 bits per heavy atom. The number of rotatable bonds is 6. The van der Waals surface area contributed by atoms with Crippen molar-refractivity contribution in [2.24, 2.45) is 0 Å². The first-order valence-corrected chi connectivity index (χ1v) is 38.2. The van der Waals surface area contributed by atoms with Crippen LogP contribution in [0, 0.1) is 7.43 Å². The Balaban J connectivity index is 0.000000175. The van der Waals surface area contributed by atoms with E-state index in [-0.39, 0.29) is 52.0 Å². The second-order valence-corrected chi connectivity index (χ2v) is 30.2. The van der Waals surface area contributed by atoms with E-state index in [1.54, 1.807) is 56.3 Å². The molecule has 4 aromatic heterocycles. The molecule has 1 saturated heterocycles. The average molecular weight is 1710 g/mol. The van der Waals surface area contributed by atoms with Crippen molar-refractivity contribution >= 4 is 192 Å². The predicted molar refractivity (Wildman–Crippen MR) is 482 cm³/mol. The summed E-state index contributed by atoms with van der Waals surface area (Å²) in [6.07, 6.45) is 2.56. The topological polar surface area (TPSA) is 212 Å². The van der Waals surface area contributed by atoms with Crippen LogP contribution in [-0.2, 0) is 25.2 Å². The van der Waals surface area contributed by atoms with Gasteiger partial charge in [-0.1, -0.05) is 257 Å². The summed E-state index contributed by atoms with van der Waals surface area (Å²) in [6.45, 7) is 10.0. The zero-order valence-corrected chi connectivity index (χ0v) is 69.0. The average Bonchev–Trinajstić information content (AvgIpc) is 1.55. The van der Waals surface area contributed by atoms with E-state index in [9.17, 15) is 14.7 Å². The van der Waals surface area contributed by atoms with Gasteiger partial charge < -0.3 is 60.6 Å². The molecule has 0 atom stereocenters. The summed E-state index contributed by atoms with van der Waals surface area (Å²) < 4.78 is 39.2. The molecule has 13 nitrogen and oxygen atoms in total. The minimum absolute atomic E-state index is 0. The van der Waals surface area contributed by atoms with Crippen LogP contribution >= 0.6 is 73.9 Å². The molecule has 116 heavy (non-hydrogen) atoms. The van der Waals surface area contributed by atoms with Gasteiger partial charge in [0.15, 0.2) is 0 Å². The van der Waals surface area contributed by atoms with E-state index >= 15 is 0 Å². The summed E-state index contributed by atoms with van der Waals surface area (Å²) in [5.41, 5.74) is 22.5. The monoisotopic (exact) mass is 1700 g/mol. The van der Waals surface area contributed by atoms with Crippen molar-refractivity contribution in [2.45, 2.75) is 66.4 Å². The largest absolute Gasteiger partial charge is 1.00 e. The number of hydrogen-bond acceptors (Lipinski definition) is 12. The molecule has 1 aliphatic carbocycles. The van der Waals surface area contributed by atoms with Crippen LogP contribution in [0.3, 0.4) is 0 Å². The number of benzene rings is 13. The number of nitrogens with two attached hydrogens (primary N) is 1. The molecule has 13 aromatic carbocycles. The van der Waals surface area contributed by atoms with E-state index < -0.39 is 17.5 Å². The van der Waals surface area contributed by atoms with Crippen molar-refractivity contribution in [2.75, 3.05) is 33.2 Å². The van der Waals surface area contributed by atoms with E-state index in [4.69, 9.17) is 95.9 Å². The van der Waals surface area contributed by atoms with Crippen LogP contribution in [-0.4, -0.2) is 62.5 Å². The number of halogens is 6. The molecule has 2 aliphatic rings. The maximum atomic E-state index is 12.2. The van der Waals surface area contributed by atoms with Crippen LogP contribution in [0.15, 0.2) is 283 Å². The van der Waals surface area contributed by atoms with Gasteiger partial charge in [-0.25, -0.2) is 9.59 Å². The first-order chi connectivity index (χ1) is 53.6. The van der Waals surface area contributed by atoms with Crippen molar-refractivity contribution in [3.05, 3.63) is 326 Å². The molecule has 1 aliphatic heterocycles. The van der Waals surface area contributed by atoms with Crippen molar-refractivity contribution in [1.29, 1.82) is 0 Å². The van der Waals surface area contributed by atoms with Gasteiger partial charge in [0.1, 0.15) is 44.7 Å². The van der Waals surface area contributed by atoms with Gasteiger partial charge in [-0.3, -0.25) is 0 Å². The molecule has 1 fully saturated rings. The fourth-order valence-electron chi connectivity index (χ4n) is 13.8. The number of furan rings is 4. The number of nitrogen functional groups attached to an aromatic ring is 1. The number of aliphatic hydroxyl groups is 1. The van der Waals surface area contributed by atoms with E-state index in [0.29, 0.717) is 46.8 Å². The molecule has 0 unspecified atom stereocenters. The van der Waals surface area contributed by atoms with Crippen molar-refractivity contribution in [3.8, 4) is 33.4 Å². The molecule has 5 heterocycles. The molecule has 1 radical (unpaired) electrons. The second kappa shape index (κ2) is 40.4. The van der Waals surface area contributed by atoms with Crippen molar-refractivity contribution in [1.82, 2.24) is 0 Å². The molecular weight excluding hydrogens is 1620 g/mol. The maximum absolute atomic E-state index is 12.2. The van der Waals surface area contributed by atoms with E-state index in [1.807, 2.05) is 170 Å². The van der Waals surface area contributed by atoms with Crippen LogP contribution < -0.4 is 30.1 Å². The Morgan fingerprint density at radius 3 is 1.33 bits per heavy atom. The summed E-state index contributed by atoms with van der Waals surface area (Å²) >= 11 is 33.0. The zero-order chi connectivity index (χ0) is 78.3. The Hall–Kier alpha value is -9.77. The number of fused-ring (bicyclic) bond motifs is 16. The molecule has 0 spiro atoms. The minimum atomic E-state index is -1.01. The van der Waals surface area contributed by atoms with Gasteiger partial charge >= 0.3 is 38.3 Å². The first kappa shape index (κ1) is 91.8. The van der Waals surface area contributed by atoms with Crippen molar-refractivity contribution in [3.63, 3.8) is 0 Å². The number of carbonyl (C=O) groups is 2. The Labute approximate surface area is 721 Å². The summed E-state index contributed by atoms with van der Waals surface area (Å²) in [5.74, 6) is -0.829. The molecule has 0 saturated carbocycles. The zero-order valence-electron chi connectivity index (χ0n) is 63.6. The number of ether oxygens (including phenoxy) is 3. The normalized spacial score (nSPS) is 11.9. The Morgan fingerprint density at radius 1 is 0.457 bits per heavy atom. The summed E-state index contributed by atoms with van der Waals surface area (Å²) in [7, 11) is 3.76. The number of carbonyl (C=O) groups excluding carboxylic acids is 2. The third kappa shape index (κ3) is 19.7. The standard InChI is InChI=1S/C21H17ClO2.C21H15ClO.C20H13ClO3.C12H8BO2.C8H6BrClO2.C6H6ClN.C4H8O.2CH4.CH3.Li.H2O/c1-21(2,23)18-12-13(22)10-11-14(18)16-7-5-8-17-15-6-3-4-9-19(15)24-20(16)17;1-21(2)16-10-9-14-13-5-3-4-6-18(13)23-20(14)19(16)15-8-7-12(22)11-17(15)21;1-23-20(22)17-11-12(21)9-10-13(17)15-6-4-7-16-14-5-2-3-8-18(14)24-19(15)16;14-13-10-6-3-5-9-8-4-1-2-7-11(8)15-12(9)10;1-12-8(11)6-4-5(10)2-3-7(6)9;7-5-3-1-2-4-6(5)8;1-2-4-5-3-1;;;;;/h3-12,23H,1-2H3;3-11H,1-2H3;2-11H,1H3;1-7,14H;2-4H,1H3;1-4H,8H2;1-4H2;2*1H4;1H3;;1H2/q;;;;;;;;;-1;+1;. The molecule has 0 amide bonds. The number of esters is 2. The van der Waals surface area contributed by atoms with E-state index in [2.05, 4.69) is 83.0 Å². The molecular formula is C95H86BBrCl5LiNO12. The smallest absolute Gasteiger partial charge is 0.465 e. The van der Waals surface area contributed by atoms with Gasteiger partial charge in [-0.15, -0.1) is 0 Å². The summed E-state index contributed by atoms with van der Waals surface area (Å²) in [4.78, 5) is 23.2. The number of methoxy groups -OCH3 is 2. The van der Waals surface area contributed by atoms with Gasteiger partial charge in [0.05, 0.1) is 41.7 Å².